The summed E-state index contributed by atoms with van der Waals surface area (Å²) >= 11 is 0. The quantitative estimate of drug-likeness (QED) is 0.148. The molecule has 0 saturated carbocycles. The zero-order valence-electron chi connectivity index (χ0n) is 23.5. The molecule has 0 fully saturated rings. The number of unbranched alkanes of at least 4 members (excludes halogenated alkanes) is 15. The van der Waals surface area contributed by atoms with Gasteiger partial charge in [-0.2, -0.15) is 0 Å². The first kappa shape index (κ1) is 32.7. The van der Waals surface area contributed by atoms with Crippen molar-refractivity contribution >= 4 is 5.69 Å². The van der Waals surface area contributed by atoms with Crippen molar-refractivity contribution in [2.45, 2.75) is 123 Å². The summed E-state index contributed by atoms with van der Waals surface area (Å²) in [6.45, 7) is 5.12. The van der Waals surface area contributed by atoms with E-state index in [0.29, 0.717) is 6.54 Å². The highest BCUT2D eigenvalue weighted by Gasteiger charge is 2.25. The Kier molecular flexibility index (Phi) is 18.8. The number of quaternary nitrogens is 1. The summed E-state index contributed by atoms with van der Waals surface area (Å²) in [5, 5.41) is 0. The van der Waals surface area contributed by atoms with Gasteiger partial charge in [-0.3, -0.25) is 4.48 Å². The number of nitrogens with zero attached hydrogens (tertiary/aromatic N) is 1. The Morgan fingerprint density at radius 3 is 1.56 bits per heavy atom. The van der Waals surface area contributed by atoms with Crippen LogP contribution < -0.4 is 22.6 Å². The molecule has 2 nitrogen and oxygen atoms in total. The van der Waals surface area contributed by atoms with Gasteiger partial charge in [0.15, 0.2) is 0 Å². The van der Waals surface area contributed by atoms with Crippen molar-refractivity contribution in [1.82, 2.24) is 4.48 Å². The highest BCUT2D eigenvalue weighted by Crippen LogP contribution is 2.27. The van der Waals surface area contributed by atoms with Gasteiger partial charge < -0.3 is 18.1 Å². The molecule has 204 valence electrons. The van der Waals surface area contributed by atoms with Crippen LogP contribution in [0.3, 0.4) is 0 Å². The van der Waals surface area contributed by atoms with E-state index in [-0.39, 0.29) is 12.4 Å². The molecule has 2 rings (SSSR count). The van der Waals surface area contributed by atoms with Crippen LogP contribution in [0, 0.1) is 0 Å². The van der Waals surface area contributed by atoms with Crippen LogP contribution >= 0.6 is 0 Å². The summed E-state index contributed by atoms with van der Waals surface area (Å²) in [6, 6.07) is 19.9. The van der Waals surface area contributed by atoms with Gasteiger partial charge in [0, 0.05) is 18.2 Å². The minimum atomic E-state index is 0. The highest BCUT2D eigenvalue weighted by molar-refractivity contribution is 5.45. The Hall–Kier alpha value is -1.35. The third-order valence-electron chi connectivity index (χ3n) is 7.65. The standard InChI is InChI=1S/C33H55N2.ClH/c1-3-4-5-6-7-8-9-10-11-12-13-14-15-16-17-21-27-35(2,30-31-23-19-18-20-24-31)33-26-22-25-32(28-33)29-34;/h18-20,22-26,28H,3-17,21,27,29-30,34H2,1-2H3;1H/q+1;/p-1. The fourth-order valence-electron chi connectivity index (χ4n) is 5.31. The van der Waals surface area contributed by atoms with Crippen LogP contribution in [0.15, 0.2) is 54.6 Å². The molecule has 3 heteroatoms. The van der Waals surface area contributed by atoms with Crippen LogP contribution in [-0.2, 0) is 13.1 Å². The number of hydrogen-bond acceptors (Lipinski definition) is 1. The molecule has 0 aliphatic heterocycles. The smallest absolute Gasteiger partial charge is 0.133 e. The minimum Gasteiger partial charge on any atom is -1.00 e. The van der Waals surface area contributed by atoms with Crippen LogP contribution in [0.5, 0.6) is 0 Å². The lowest BCUT2D eigenvalue weighted by Gasteiger charge is -2.34. The Labute approximate surface area is 230 Å². The summed E-state index contributed by atoms with van der Waals surface area (Å²) < 4.78 is 0.955. The average molecular weight is 515 g/mol. The normalized spacial score (nSPS) is 12.8. The molecule has 1 unspecified atom stereocenters. The zero-order valence-corrected chi connectivity index (χ0v) is 24.3. The molecule has 1 atom stereocenters. The van der Waals surface area contributed by atoms with E-state index in [1.165, 1.54) is 126 Å². The molecule has 0 aliphatic carbocycles. The lowest BCUT2D eigenvalue weighted by Crippen LogP contribution is -3.00. The lowest BCUT2D eigenvalue weighted by molar-refractivity contribution is -0.00000769. The predicted molar refractivity (Wildman–Crippen MR) is 157 cm³/mol. The lowest BCUT2D eigenvalue weighted by atomic mass is 10.0. The Bertz CT molecular complexity index is 763. The Balaban J connectivity index is 0.00000648. The molecule has 0 aliphatic rings. The van der Waals surface area contributed by atoms with Crippen molar-refractivity contribution in [2.75, 3.05) is 13.6 Å². The molecular formula is C33H55ClN2. The van der Waals surface area contributed by atoms with Gasteiger partial charge in [0.25, 0.3) is 0 Å². The van der Waals surface area contributed by atoms with Gasteiger partial charge in [-0.25, -0.2) is 0 Å². The van der Waals surface area contributed by atoms with Crippen LogP contribution in [0.25, 0.3) is 0 Å². The molecule has 2 aromatic rings. The summed E-state index contributed by atoms with van der Waals surface area (Å²) in [7, 11) is 2.40. The van der Waals surface area contributed by atoms with Crippen molar-refractivity contribution in [1.29, 1.82) is 0 Å². The Morgan fingerprint density at radius 1 is 0.583 bits per heavy atom. The molecule has 0 aromatic heterocycles. The van der Waals surface area contributed by atoms with Crippen molar-refractivity contribution in [3.05, 3.63) is 65.7 Å². The van der Waals surface area contributed by atoms with E-state index in [1.54, 1.807) is 0 Å². The number of halogens is 1. The molecule has 2 N–H and O–H groups in total. The van der Waals surface area contributed by atoms with Crippen molar-refractivity contribution in [2.24, 2.45) is 5.73 Å². The van der Waals surface area contributed by atoms with Crippen molar-refractivity contribution in [3.8, 4) is 0 Å². The van der Waals surface area contributed by atoms with Crippen molar-refractivity contribution in [3.63, 3.8) is 0 Å². The van der Waals surface area contributed by atoms with Gasteiger partial charge in [0.2, 0.25) is 0 Å². The molecule has 0 saturated heterocycles. The second kappa shape index (κ2) is 20.7. The molecule has 0 bridgehead atoms. The molecular weight excluding hydrogens is 460 g/mol. The first-order valence-electron chi connectivity index (χ1n) is 14.9. The molecule has 0 spiro atoms. The third kappa shape index (κ3) is 13.8. The number of hydrogen-bond donors (Lipinski definition) is 1. The maximum Gasteiger partial charge on any atom is 0.133 e. The second-order valence-electron chi connectivity index (χ2n) is 10.9. The second-order valence-corrected chi connectivity index (χ2v) is 10.9. The van der Waals surface area contributed by atoms with E-state index < -0.39 is 0 Å². The van der Waals surface area contributed by atoms with Crippen LogP contribution in [0.4, 0.5) is 5.69 Å². The summed E-state index contributed by atoms with van der Waals surface area (Å²) in [5.74, 6) is 0. The fourth-order valence-corrected chi connectivity index (χ4v) is 5.31. The van der Waals surface area contributed by atoms with E-state index in [1.807, 2.05) is 0 Å². The number of rotatable bonds is 21. The summed E-state index contributed by atoms with van der Waals surface area (Å²) in [4.78, 5) is 0. The average Bonchev–Trinajstić information content (AvgIpc) is 2.89. The first-order valence-corrected chi connectivity index (χ1v) is 14.9. The predicted octanol–water partition coefficient (Wildman–Crippen LogP) is 6.55. The van der Waals surface area contributed by atoms with E-state index in [4.69, 9.17) is 5.73 Å². The van der Waals surface area contributed by atoms with Crippen LogP contribution in [0.1, 0.15) is 121 Å². The van der Waals surface area contributed by atoms with Crippen molar-refractivity contribution < 1.29 is 12.4 Å². The maximum atomic E-state index is 5.95. The van der Waals surface area contributed by atoms with Crippen LogP contribution in [-0.4, -0.2) is 13.6 Å². The van der Waals surface area contributed by atoms with Gasteiger partial charge >= 0.3 is 0 Å². The van der Waals surface area contributed by atoms with Gasteiger partial charge in [0.1, 0.15) is 12.2 Å². The van der Waals surface area contributed by atoms with E-state index in [9.17, 15) is 0 Å². The monoisotopic (exact) mass is 514 g/mol. The highest BCUT2D eigenvalue weighted by atomic mass is 35.5. The van der Waals surface area contributed by atoms with Gasteiger partial charge in [0.05, 0.1) is 13.6 Å². The van der Waals surface area contributed by atoms with Gasteiger partial charge in [-0.05, 0) is 24.5 Å². The third-order valence-corrected chi connectivity index (χ3v) is 7.65. The minimum absolute atomic E-state index is 0. The van der Waals surface area contributed by atoms with Crippen LogP contribution in [0.2, 0.25) is 0 Å². The zero-order chi connectivity index (χ0) is 25.0. The van der Waals surface area contributed by atoms with Gasteiger partial charge in [-0.15, -0.1) is 0 Å². The Morgan fingerprint density at radius 2 is 1.06 bits per heavy atom. The van der Waals surface area contributed by atoms with E-state index in [0.717, 1.165) is 11.0 Å². The SMILES string of the molecule is CCCCCCCCCCCCCCCCCC[N+](C)(Cc1ccccc1)c1cccc(CN)c1.[Cl-]. The molecule has 0 heterocycles. The maximum absolute atomic E-state index is 5.95. The summed E-state index contributed by atoms with van der Waals surface area (Å²) in [5.41, 5.74) is 9.97. The first-order chi connectivity index (χ1) is 17.2. The van der Waals surface area contributed by atoms with E-state index >= 15 is 0 Å². The molecule has 0 amide bonds. The number of nitrogens with two attached hydrogens (primary N) is 1. The molecule has 2 aromatic carbocycles. The fraction of sp³-hybridized carbons (Fsp3) is 0.636. The number of benzene rings is 2. The van der Waals surface area contributed by atoms with Gasteiger partial charge in [-0.1, -0.05) is 139 Å². The molecule has 36 heavy (non-hydrogen) atoms. The largest absolute Gasteiger partial charge is 1.00 e. The molecule has 0 radical (unpaired) electrons. The topological polar surface area (TPSA) is 26.0 Å². The summed E-state index contributed by atoms with van der Waals surface area (Å²) in [6.07, 6.45) is 22.7. The van der Waals surface area contributed by atoms with E-state index in [2.05, 4.69) is 68.6 Å².